The van der Waals surface area contributed by atoms with Gasteiger partial charge in [0.05, 0.1) is 19.8 Å². The number of ether oxygens (including phenoxy) is 2. The normalized spacial score (nSPS) is 13.6. The Balaban J connectivity index is 2.51. The van der Waals surface area contributed by atoms with Gasteiger partial charge >= 0.3 is 0 Å². The van der Waals surface area contributed by atoms with Crippen molar-refractivity contribution in [2.24, 2.45) is 0 Å². The molecule has 0 aliphatic heterocycles. The van der Waals surface area contributed by atoms with Crippen molar-refractivity contribution in [1.82, 2.24) is 0 Å². The molecular formula is C15H24O3. The maximum absolute atomic E-state index is 9.95. The zero-order valence-electron chi connectivity index (χ0n) is 11.8. The molecule has 0 aliphatic carbocycles. The van der Waals surface area contributed by atoms with Crippen molar-refractivity contribution in [3.8, 4) is 0 Å². The molecule has 0 saturated carbocycles. The number of benzene rings is 1. The molecule has 0 aliphatic rings. The second kappa shape index (κ2) is 6.88. The third-order valence-electron chi connectivity index (χ3n) is 2.87. The Kier molecular flexibility index (Phi) is 5.79. The Bertz CT molecular complexity index is 338. The maximum Gasteiger partial charge on any atom is 0.102 e. The molecular weight excluding hydrogens is 228 g/mol. The molecule has 1 aromatic rings. The van der Waals surface area contributed by atoms with Crippen LogP contribution in [0.15, 0.2) is 24.3 Å². The van der Waals surface area contributed by atoms with Gasteiger partial charge in [-0.3, -0.25) is 0 Å². The van der Waals surface area contributed by atoms with E-state index < -0.39 is 6.10 Å². The average Bonchev–Trinajstić information content (AvgIpc) is 2.33. The Hall–Kier alpha value is -0.900. The largest absolute Gasteiger partial charge is 0.386 e. The van der Waals surface area contributed by atoms with Crippen molar-refractivity contribution >= 4 is 0 Å². The first kappa shape index (κ1) is 15.2. The van der Waals surface area contributed by atoms with E-state index in [-0.39, 0.29) is 5.41 Å². The Morgan fingerprint density at radius 2 is 1.72 bits per heavy atom. The van der Waals surface area contributed by atoms with Gasteiger partial charge in [-0.1, -0.05) is 45.0 Å². The second-order valence-electron chi connectivity index (χ2n) is 5.46. The number of methoxy groups -OCH3 is 1. The molecule has 0 saturated heterocycles. The molecule has 18 heavy (non-hydrogen) atoms. The van der Waals surface area contributed by atoms with E-state index in [1.165, 1.54) is 5.56 Å². The average molecular weight is 252 g/mol. The summed E-state index contributed by atoms with van der Waals surface area (Å²) < 4.78 is 10.2. The van der Waals surface area contributed by atoms with Crippen molar-refractivity contribution < 1.29 is 14.6 Å². The lowest BCUT2D eigenvalue weighted by atomic mass is 9.86. The van der Waals surface area contributed by atoms with Crippen LogP contribution in [0.1, 0.15) is 38.0 Å². The lowest BCUT2D eigenvalue weighted by Gasteiger charge is -2.20. The van der Waals surface area contributed by atoms with Crippen LogP contribution < -0.4 is 0 Å². The molecule has 3 heteroatoms. The van der Waals surface area contributed by atoms with Crippen LogP contribution in [0.25, 0.3) is 0 Å². The van der Waals surface area contributed by atoms with Crippen molar-refractivity contribution in [2.45, 2.75) is 32.3 Å². The first-order valence-electron chi connectivity index (χ1n) is 6.30. The summed E-state index contributed by atoms with van der Waals surface area (Å²) in [5, 5.41) is 9.95. The van der Waals surface area contributed by atoms with Gasteiger partial charge in [-0.2, -0.15) is 0 Å². The molecule has 0 bridgehead atoms. The van der Waals surface area contributed by atoms with E-state index in [0.717, 1.165) is 5.56 Å². The topological polar surface area (TPSA) is 38.7 Å². The summed E-state index contributed by atoms with van der Waals surface area (Å²) in [6, 6.07) is 8.05. The van der Waals surface area contributed by atoms with Crippen LogP contribution in [0.4, 0.5) is 0 Å². The fourth-order valence-electron chi connectivity index (χ4n) is 1.64. The molecule has 1 aromatic carbocycles. The van der Waals surface area contributed by atoms with Crippen molar-refractivity contribution in [3.05, 3.63) is 35.4 Å². The highest BCUT2D eigenvalue weighted by Crippen LogP contribution is 2.23. The highest BCUT2D eigenvalue weighted by Gasteiger charge is 2.14. The fourth-order valence-corrected chi connectivity index (χ4v) is 1.64. The summed E-state index contributed by atoms with van der Waals surface area (Å²) in [7, 11) is 1.63. The summed E-state index contributed by atoms with van der Waals surface area (Å²) in [6.45, 7) is 7.88. The first-order chi connectivity index (χ1) is 8.45. The first-order valence-corrected chi connectivity index (χ1v) is 6.30. The molecule has 102 valence electrons. The highest BCUT2D eigenvalue weighted by molar-refractivity contribution is 5.28. The molecule has 0 aromatic heterocycles. The number of hydrogen-bond donors (Lipinski definition) is 1. The van der Waals surface area contributed by atoms with Crippen LogP contribution in [0.5, 0.6) is 0 Å². The molecule has 3 nitrogen and oxygen atoms in total. The minimum atomic E-state index is -0.573. The molecule has 0 radical (unpaired) electrons. The van der Waals surface area contributed by atoms with E-state index in [2.05, 4.69) is 32.9 Å². The van der Waals surface area contributed by atoms with E-state index in [4.69, 9.17) is 9.47 Å². The summed E-state index contributed by atoms with van der Waals surface area (Å²) in [5.41, 5.74) is 2.29. The van der Waals surface area contributed by atoms with E-state index in [1.807, 2.05) is 12.1 Å². The van der Waals surface area contributed by atoms with Gasteiger partial charge < -0.3 is 14.6 Å². The number of rotatable bonds is 6. The maximum atomic E-state index is 9.95. The van der Waals surface area contributed by atoms with E-state index in [1.54, 1.807) is 7.11 Å². The predicted octanol–water partition coefficient (Wildman–Crippen LogP) is 2.68. The molecule has 1 unspecified atom stereocenters. The van der Waals surface area contributed by atoms with Gasteiger partial charge in [0, 0.05) is 7.11 Å². The van der Waals surface area contributed by atoms with Crippen LogP contribution in [-0.2, 0) is 14.9 Å². The molecule has 1 rings (SSSR count). The quantitative estimate of drug-likeness (QED) is 0.791. The van der Waals surface area contributed by atoms with Gasteiger partial charge in [0.15, 0.2) is 0 Å². The smallest absolute Gasteiger partial charge is 0.102 e. The monoisotopic (exact) mass is 252 g/mol. The Labute approximate surface area is 110 Å². The van der Waals surface area contributed by atoms with E-state index >= 15 is 0 Å². The second-order valence-corrected chi connectivity index (χ2v) is 5.46. The van der Waals surface area contributed by atoms with Crippen LogP contribution >= 0.6 is 0 Å². The predicted molar refractivity (Wildman–Crippen MR) is 72.8 cm³/mol. The van der Waals surface area contributed by atoms with Crippen molar-refractivity contribution in [1.29, 1.82) is 0 Å². The van der Waals surface area contributed by atoms with Crippen LogP contribution in [0.3, 0.4) is 0 Å². The molecule has 0 fully saturated rings. The Morgan fingerprint density at radius 3 is 2.22 bits per heavy atom. The summed E-state index contributed by atoms with van der Waals surface area (Å²) in [5.74, 6) is 0. The van der Waals surface area contributed by atoms with E-state index in [0.29, 0.717) is 19.8 Å². The summed E-state index contributed by atoms with van der Waals surface area (Å²) >= 11 is 0. The molecule has 0 heterocycles. The highest BCUT2D eigenvalue weighted by atomic mass is 16.5. The summed E-state index contributed by atoms with van der Waals surface area (Å²) in [4.78, 5) is 0. The molecule has 0 spiro atoms. The number of aliphatic hydroxyl groups excluding tert-OH is 1. The fraction of sp³-hybridized carbons (Fsp3) is 0.600. The third-order valence-corrected chi connectivity index (χ3v) is 2.87. The SMILES string of the molecule is COCCOCC(O)c1ccc(C(C)(C)C)cc1. The zero-order chi connectivity index (χ0) is 13.6. The van der Waals surface area contributed by atoms with Gasteiger partial charge in [0.1, 0.15) is 6.10 Å². The third kappa shape index (κ3) is 4.77. The van der Waals surface area contributed by atoms with Crippen LogP contribution in [0, 0.1) is 0 Å². The number of aliphatic hydroxyl groups is 1. The molecule has 0 amide bonds. The zero-order valence-corrected chi connectivity index (χ0v) is 11.8. The minimum Gasteiger partial charge on any atom is -0.386 e. The van der Waals surface area contributed by atoms with Gasteiger partial charge in [0.25, 0.3) is 0 Å². The van der Waals surface area contributed by atoms with Crippen LogP contribution in [-0.4, -0.2) is 32.0 Å². The molecule has 1 N–H and O–H groups in total. The summed E-state index contributed by atoms with van der Waals surface area (Å²) in [6.07, 6.45) is -0.573. The van der Waals surface area contributed by atoms with Gasteiger partial charge in [0.2, 0.25) is 0 Å². The Morgan fingerprint density at radius 1 is 1.11 bits per heavy atom. The van der Waals surface area contributed by atoms with Gasteiger partial charge in [-0.05, 0) is 16.5 Å². The lowest BCUT2D eigenvalue weighted by molar-refractivity contribution is 0.0126. The van der Waals surface area contributed by atoms with Gasteiger partial charge in [-0.15, -0.1) is 0 Å². The van der Waals surface area contributed by atoms with E-state index in [9.17, 15) is 5.11 Å². The van der Waals surface area contributed by atoms with Crippen molar-refractivity contribution in [2.75, 3.05) is 26.9 Å². The van der Waals surface area contributed by atoms with Gasteiger partial charge in [-0.25, -0.2) is 0 Å². The molecule has 1 atom stereocenters. The lowest BCUT2D eigenvalue weighted by Crippen LogP contribution is -2.13. The minimum absolute atomic E-state index is 0.137. The number of hydrogen-bond acceptors (Lipinski definition) is 3. The van der Waals surface area contributed by atoms with Crippen molar-refractivity contribution in [3.63, 3.8) is 0 Å². The van der Waals surface area contributed by atoms with Crippen LogP contribution in [0.2, 0.25) is 0 Å². The standard InChI is InChI=1S/C15H24O3/c1-15(2,3)13-7-5-12(6-8-13)14(16)11-18-10-9-17-4/h5-8,14,16H,9-11H2,1-4H3.